The van der Waals surface area contributed by atoms with Gasteiger partial charge in [0.1, 0.15) is 0 Å². The summed E-state index contributed by atoms with van der Waals surface area (Å²) in [5.74, 6) is -0.697. The fourth-order valence-electron chi connectivity index (χ4n) is 1.79. The average Bonchev–Trinajstić information content (AvgIpc) is 3.13. The van der Waals surface area contributed by atoms with Crippen LogP contribution in [0.2, 0.25) is 5.02 Å². The van der Waals surface area contributed by atoms with Gasteiger partial charge in [-0.3, -0.25) is 4.79 Å². The van der Waals surface area contributed by atoms with E-state index in [0.717, 1.165) is 12.8 Å². The molecule has 0 aromatic heterocycles. The molecule has 0 aliphatic heterocycles. The summed E-state index contributed by atoms with van der Waals surface area (Å²) in [6.07, 6.45) is 2.14. The van der Waals surface area contributed by atoms with Gasteiger partial charge >= 0.3 is 0 Å². The van der Waals surface area contributed by atoms with Gasteiger partial charge in [0.15, 0.2) is 5.82 Å². The highest BCUT2D eigenvalue weighted by atomic mass is 35.5. The zero-order chi connectivity index (χ0) is 12.4. The summed E-state index contributed by atoms with van der Waals surface area (Å²) >= 11 is 5.62. The Bertz CT molecular complexity index is 438. The summed E-state index contributed by atoms with van der Waals surface area (Å²) in [6, 6.07) is 4.31. The van der Waals surface area contributed by atoms with Crippen LogP contribution in [0, 0.1) is 11.7 Å². The van der Waals surface area contributed by atoms with Gasteiger partial charge in [-0.15, -0.1) is 12.4 Å². The van der Waals surface area contributed by atoms with Gasteiger partial charge in [0.2, 0.25) is 0 Å². The van der Waals surface area contributed by atoms with Gasteiger partial charge in [-0.2, -0.15) is 0 Å². The van der Waals surface area contributed by atoms with Crippen LogP contribution >= 0.6 is 24.0 Å². The third-order valence-corrected chi connectivity index (χ3v) is 3.25. The van der Waals surface area contributed by atoms with Crippen LogP contribution in [0.15, 0.2) is 18.2 Å². The van der Waals surface area contributed by atoms with Gasteiger partial charge in [-0.05, 0) is 30.9 Å². The van der Waals surface area contributed by atoms with E-state index in [4.69, 9.17) is 17.3 Å². The van der Waals surface area contributed by atoms with Crippen molar-refractivity contribution in [1.82, 2.24) is 5.32 Å². The number of hydrogen-bond acceptors (Lipinski definition) is 2. The summed E-state index contributed by atoms with van der Waals surface area (Å²) in [4.78, 5) is 11.9. The van der Waals surface area contributed by atoms with Crippen LogP contribution in [0.25, 0.3) is 0 Å². The van der Waals surface area contributed by atoms with Gasteiger partial charge in [-0.1, -0.05) is 17.7 Å². The molecule has 100 valence electrons. The number of nitrogens with one attached hydrogen (secondary N) is 1. The van der Waals surface area contributed by atoms with Crippen molar-refractivity contribution in [3.63, 3.8) is 0 Å². The molecule has 1 aliphatic carbocycles. The van der Waals surface area contributed by atoms with Crippen LogP contribution in [-0.4, -0.2) is 18.5 Å². The Morgan fingerprint density at radius 2 is 2.22 bits per heavy atom. The summed E-state index contributed by atoms with van der Waals surface area (Å²) < 4.78 is 13.6. The molecule has 0 bridgehead atoms. The van der Waals surface area contributed by atoms with Crippen LogP contribution in [-0.2, 0) is 0 Å². The molecule has 1 amide bonds. The molecule has 3 N–H and O–H groups in total. The van der Waals surface area contributed by atoms with Crippen molar-refractivity contribution in [3.8, 4) is 0 Å². The number of hydrogen-bond donors (Lipinski definition) is 2. The first-order valence-electron chi connectivity index (χ1n) is 5.58. The average molecular weight is 293 g/mol. The second kappa shape index (κ2) is 6.36. The van der Waals surface area contributed by atoms with Gasteiger partial charge in [0, 0.05) is 12.6 Å². The molecular weight excluding hydrogens is 278 g/mol. The number of rotatable bonds is 4. The molecule has 3 nitrogen and oxygen atoms in total. The highest BCUT2D eigenvalue weighted by Gasteiger charge is 2.31. The zero-order valence-electron chi connectivity index (χ0n) is 9.66. The topological polar surface area (TPSA) is 55.1 Å². The number of nitrogens with two attached hydrogens (primary N) is 1. The molecule has 2 rings (SSSR count). The Morgan fingerprint density at radius 3 is 2.78 bits per heavy atom. The van der Waals surface area contributed by atoms with Crippen molar-refractivity contribution >= 4 is 29.9 Å². The number of amides is 1. The normalized spacial score (nSPS) is 15.7. The lowest BCUT2D eigenvalue weighted by atomic mass is 10.1. The van der Waals surface area contributed by atoms with E-state index in [1.54, 1.807) is 6.07 Å². The third kappa shape index (κ3) is 3.34. The molecule has 1 saturated carbocycles. The SMILES string of the molecule is Cl.NCC(NC(=O)c1cccc(Cl)c1F)C1CC1. The lowest BCUT2D eigenvalue weighted by Gasteiger charge is -2.16. The third-order valence-electron chi connectivity index (χ3n) is 2.96. The molecule has 1 unspecified atom stereocenters. The van der Waals surface area contributed by atoms with E-state index < -0.39 is 11.7 Å². The van der Waals surface area contributed by atoms with Crippen molar-refractivity contribution in [2.24, 2.45) is 11.7 Å². The highest BCUT2D eigenvalue weighted by molar-refractivity contribution is 6.31. The minimum Gasteiger partial charge on any atom is -0.348 e. The molecule has 1 aromatic rings. The summed E-state index contributed by atoms with van der Waals surface area (Å²) in [5.41, 5.74) is 5.54. The quantitative estimate of drug-likeness (QED) is 0.895. The van der Waals surface area contributed by atoms with Crippen molar-refractivity contribution in [2.75, 3.05) is 6.54 Å². The maximum Gasteiger partial charge on any atom is 0.254 e. The zero-order valence-corrected chi connectivity index (χ0v) is 11.2. The molecule has 0 saturated heterocycles. The molecule has 0 radical (unpaired) electrons. The Balaban J connectivity index is 0.00000162. The highest BCUT2D eigenvalue weighted by Crippen LogP contribution is 2.32. The molecule has 1 aliphatic rings. The van der Waals surface area contributed by atoms with Crippen LogP contribution in [0.3, 0.4) is 0 Å². The van der Waals surface area contributed by atoms with Crippen molar-refractivity contribution in [1.29, 1.82) is 0 Å². The summed E-state index contributed by atoms with van der Waals surface area (Å²) in [6.45, 7) is 0.374. The fraction of sp³-hybridized carbons (Fsp3) is 0.417. The van der Waals surface area contributed by atoms with Gasteiger partial charge in [0.25, 0.3) is 5.91 Å². The molecular formula is C12H15Cl2FN2O. The van der Waals surface area contributed by atoms with Crippen molar-refractivity contribution in [2.45, 2.75) is 18.9 Å². The van der Waals surface area contributed by atoms with E-state index in [0.29, 0.717) is 12.5 Å². The molecule has 0 spiro atoms. The predicted octanol–water partition coefficient (Wildman–Crippen LogP) is 2.37. The molecule has 1 atom stereocenters. The van der Waals surface area contributed by atoms with Crippen molar-refractivity contribution < 1.29 is 9.18 Å². The minimum absolute atomic E-state index is 0. The van der Waals surface area contributed by atoms with Crippen LogP contribution in [0.4, 0.5) is 4.39 Å². The first-order valence-corrected chi connectivity index (χ1v) is 5.96. The van der Waals surface area contributed by atoms with Gasteiger partial charge < -0.3 is 11.1 Å². The van der Waals surface area contributed by atoms with Crippen LogP contribution in [0.5, 0.6) is 0 Å². The molecule has 6 heteroatoms. The maximum absolute atomic E-state index is 13.6. The number of carbonyl (C=O) groups is 1. The Kier molecular flexibility index (Phi) is 5.38. The monoisotopic (exact) mass is 292 g/mol. The standard InChI is InChI=1S/C12H14ClFN2O.ClH/c13-9-3-1-2-8(11(9)14)12(17)16-10(6-15)7-4-5-7;/h1-3,7,10H,4-6,15H2,(H,16,17);1H. The Morgan fingerprint density at radius 1 is 1.56 bits per heavy atom. The van der Waals surface area contributed by atoms with Crippen LogP contribution in [0.1, 0.15) is 23.2 Å². The van der Waals surface area contributed by atoms with E-state index >= 15 is 0 Å². The second-order valence-corrected chi connectivity index (χ2v) is 4.66. The lowest BCUT2D eigenvalue weighted by molar-refractivity contribution is 0.0929. The number of benzene rings is 1. The summed E-state index contributed by atoms with van der Waals surface area (Å²) in [7, 11) is 0. The van der Waals surface area contributed by atoms with E-state index in [1.165, 1.54) is 12.1 Å². The Labute approximate surface area is 116 Å². The number of halogens is 3. The van der Waals surface area contributed by atoms with Gasteiger partial charge in [0.05, 0.1) is 10.6 Å². The number of carbonyl (C=O) groups excluding carboxylic acids is 1. The minimum atomic E-state index is -0.682. The summed E-state index contributed by atoms with van der Waals surface area (Å²) in [5, 5.41) is 2.70. The van der Waals surface area contributed by atoms with Crippen LogP contribution < -0.4 is 11.1 Å². The molecule has 18 heavy (non-hydrogen) atoms. The van der Waals surface area contributed by atoms with E-state index in [-0.39, 0.29) is 29.0 Å². The second-order valence-electron chi connectivity index (χ2n) is 4.25. The van der Waals surface area contributed by atoms with E-state index in [9.17, 15) is 9.18 Å². The maximum atomic E-state index is 13.6. The lowest BCUT2D eigenvalue weighted by Crippen LogP contribution is -2.42. The predicted molar refractivity (Wildman–Crippen MR) is 71.7 cm³/mol. The van der Waals surface area contributed by atoms with E-state index in [1.807, 2.05) is 0 Å². The largest absolute Gasteiger partial charge is 0.348 e. The van der Waals surface area contributed by atoms with Crippen molar-refractivity contribution in [3.05, 3.63) is 34.6 Å². The Hall–Kier alpha value is -0.840. The van der Waals surface area contributed by atoms with E-state index in [2.05, 4.69) is 5.32 Å². The molecule has 1 fully saturated rings. The first-order chi connectivity index (χ1) is 8.13. The first kappa shape index (κ1) is 15.2. The molecule has 0 heterocycles. The molecule has 1 aromatic carbocycles. The van der Waals surface area contributed by atoms with Gasteiger partial charge in [-0.25, -0.2) is 4.39 Å². The smallest absolute Gasteiger partial charge is 0.254 e. The fourth-order valence-corrected chi connectivity index (χ4v) is 1.97.